The van der Waals surface area contributed by atoms with Crippen molar-refractivity contribution < 1.29 is 0 Å². The lowest BCUT2D eigenvalue weighted by Crippen LogP contribution is -2.05. The van der Waals surface area contributed by atoms with Gasteiger partial charge in [-0.2, -0.15) is 5.10 Å². The highest BCUT2D eigenvalue weighted by Gasteiger charge is 2.12. The number of aromatic nitrogens is 2. The van der Waals surface area contributed by atoms with Crippen LogP contribution in [0.4, 0.5) is 5.69 Å². The lowest BCUT2D eigenvalue weighted by Gasteiger charge is -2.12. The molecule has 0 bridgehead atoms. The third kappa shape index (κ3) is 2.75. The lowest BCUT2D eigenvalue weighted by molar-refractivity contribution is 0.746. The van der Waals surface area contributed by atoms with Crippen LogP contribution >= 0.6 is 11.3 Å². The highest BCUT2D eigenvalue weighted by Crippen LogP contribution is 2.27. The Morgan fingerprint density at radius 1 is 1.33 bits per heavy atom. The Balaban J connectivity index is 2.12. The van der Waals surface area contributed by atoms with Gasteiger partial charge in [0.15, 0.2) is 0 Å². The van der Waals surface area contributed by atoms with Crippen LogP contribution in [0.15, 0.2) is 18.3 Å². The standard InChI is InChI=1S/C14H21N3S/c1-5-11-7-8-14(18-11)10(3)15-13-9-17(4)16-12(13)6-2/h7-10,15H,5-6H2,1-4H3. The van der Waals surface area contributed by atoms with Crippen molar-refractivity contribution in [2.24, 2.45) is 7.05 Å². The lowest BCUT2D eigenvalue weighted by atomic mass is 10.2. The number of nitrogens with zero attached hydrogens (tertiary/aromatic N) is 2. The number of hydrogen-bond donors (Lipinski definition) is 1. The third-order valence-electron chi connectivity index (χ3n) is 3.07. The maximum Gasteiger partial charge on any atom is 0.0853 e. The molecule has 0 aliphatic carbocycles. The predicted molar refractivity (Wildman–Crippen MR) is 78.3 cm³/mol. The van der Waals surface area contributed by atoms with Gasteiger partial charge in [-0.25, -0.2) is 0 Å². The largest absolute Gasteiger partial charge is 0.375 e. The first kappa shape index (κ1) is 13.1. The first-order chi connectivity index (χ1) is 8.63. The van der Waals surface area contributed by atoms with E-state index in [1.54, 1.807) is 0 Å². The summed E-state index contributed by atoms with van der Waals surface area (Å²) < 4.78 is 1.87. The van der Waals surface area contributed by atoms with Gasteiger partial charge in [0.2, 0.25) is 0 Å². The van der Waals surface area contributed by atoms with Crippen LogP contribution in [0, 0.1) is 0 Å². The van der Waals surface area contributed by atoms with Gasteiger partial charge in [0.1, 0.15) is 0 Å². The van der Waals surface area contributed by atoms with Crippen molar-refractivity contribution in [3.05, 3.63) is 33.8 Å². The minimum Gasteiger partial charge on any atom is -0.375 e. The van der Waals surface area contributed by atoms with Crippen LogP contribution in [-0.2, 0) is 19.9 Å². The van der Waals surface area contributed by atoms with E-state index in [4.69, 9.17) is 0 Å². The molecule has 4 heteroatoms. The molecule has 2 heterocycles. The molecule has 0 aliphatic rings. The van der Waals surface area contributed by atoms with Crippen LogP contribution in [0.3, 0.4) is 0 Å². The molecule has 2 rings (SSSR count). The maximum atomic E-state index is 4.45. The van der Waals surface area contributed by atoms with Gasteiger partial charge in [-0.05, 0) is 31.9 Å². The van der Waals surface area contributed by atoms with Crippen molar-refractivity contribution in [3.63, 3.8) is 0 Å². The second-order valence-corrected chi connectivity index (χ2v) is 5.74. The van der Waals surface area contributed by atoms with Gasteiger partial charge in [0, 0.05) is 23.0 Å². The summed E-state index contributed by atoms with van der Waals surface area (Å²) >= 11 is 1.89. The molecule has 0 fully saturated rings. The number of thiophene rings is 1. The number of hydrogen-bond acceptors (Lipinski definition) is 3. The molecule has 2 aromatic rings. The molecule has 1 N–H and O–H groups in total. The van der Waals surface area contributed by atoms with E-state index in [2.05, 4.69) is 49.5 Å². The zero-order chi connectivity index (χ0) is 13.1. The molecule has 0 aromatic carbocycles. The highest BCUT2D eigenvalue weighted by molar-refractivity contribution is 7.12. The van der Waals surface area contributed by atoms with Crippen LogP contribution in [-0.4, -0.2) is 9.78 Å². The number of anilines is 1. The van der Waals surface area contributed by atoms with E-state index in [-0.39, 0.29) is 0 Å². The van der Waals surface area contributed by atoms with Gasteiger partial charge in [-0.3, -0.25) is 4.68 Å². The maximum absolute atomic E-state index is 4.45. The van der Waals surface area contributed by atoms with Gasteiger partial charge < -0.3 is 5.32 Å². The normalized spacial score (nSPS) is 12.7. The summed E-state index contributed by atoms with van der Waals surface area (Å²) in [6, 6.07) is 4.79. The summed E-state index contributed by atoms with van der Waals surface area (Å²) in [5.41, 5.74) is 2.29. The second kappa shape index (κ2) is 5.57. The molecule has 98 valence electrons. The van der Waals surface area contributed by atoms with Crippen LogP contribution in [0.5, 0.6) is 0 Å². The first-order valence-electron chi connectivity index (χ1n) is 6.51. The molecule has 1 atom stereocenters. The molecule has 0 amide bonds. The molecule has 3 nitrogen and oxygen atoms in total. The Kier molecular flexibility index (Phi) is 4.07. The third-order valence-corrected chi connectivity index (χ3v) is 4.48. The Labute approximate surface area is 113 Å². The van der Waals surface area contributed by atoms with Crippen molar-refractivity contribution >= 4 is 17.0 Å². The SMILES string of the molecule is CCc1ccc(C(C)Nc2cn(C)nc2CC)s1. The van der Waals surface area contributed by atoms with Crippen LogP contribution in [0.1, 0.15) is 42.3 Å². The minimum atomic E-state index is 0.338. The molecule has 18 heavy (non-hydrogen) atoms. The fourth-order valence-electron chi connectivity index (χ4n) is 2.04. The Morgan fingerprint density at radius 2 is 2.11 bits per heavy atom. The molecule has 0 spiro atoms. The van der Waals surface area contributed by atoms with E-state index in [9.17, 15) is 0 Å². The van der Waals surface area contributed by atoms with E-state index in [1.165, 1.54) is 9.75 Å². The summed E-state index contributed by atoms with van der Waals surface area (Å²) in [5, 5.41) is 8.02. The molecule has 0 radical (unpaired) electrons. The molecule has 0 saturated carbocycles. The van der Waals surface area contributed by atoms with E-state index in [0.717, 1.165) is 24.2 Å². The van der Waals surface area contributed by atoms with E-state index >= 15 is 0 Å². The topological polar surface area (TPSA) is 29.9 Å². The summed E-state index contributed by atoms with van der Waals surface area (Å²) in [6.07, 6.45) is 4.13. The second-order valence-electron chi connectivity index (χ2n) is 4.54. The first-order valence-corrected chi connectivity index (χ1v) is 7.33. The van der Waals surface area contributed by atoms with Crippen LogP contribution < -0.4 is 5.32 Å². The van der Waals surface area contributed by atoms with E-state index in [1.807, 2.05) is 23.1 Å². The van der Waals surface area contributed by atoms with Crippen molar-refractivity contribution in [2.45, 2.75) is 39.7 Å². The van der Waals surface area contributed by atoms with Gasteiger partial charge >= 0.3 is 0 Å². The van der Waals surface area contributed by atoms with Crippen molar-refractivity contribution in [2.75, 3.05) is 5.32 Å². The molecule has 1 unspecified atom stereocenters. The summed E-state index contributed by atoms with van der Waals surface area (Å²) in [4.78, 5) is 2.83. The number of aryl methyl sites for hydroxylation is 3. The van der Waals surface area contributed by atoms with Gasteiger partial charge in [0.25, 0.3) is 0 Å². The van der Waals surface area contributed by atoms with Gasteiger partial charge in [-0.1, -0.05) is 13.8 Å². The van der Waals surface area contributed by atoms with Crippen LogP contribution in [0.25, 0.3) is 0 Å². The molecule has 0 saturated heterocycles. The summed E-state index contributed by atoms with van der Waals surface area (Å²) in [5.74, 6) is 0. The minimum absolute atomic E-state index is 0.338. The fraction of sp³-hybridized carbons (Fsp3) is 0.500. The van der Waals surface area contributed by atoms with Crippen LogP contribution in [0.2, 0.25) is 0 Å². The van der Waals surface area contributed by atoms with Gasteiger partial charge in [-0.15, -0.1) is 11.3 Å². The number of rotatable bonds is 5. The Morgan fingerprint density at radius 3 is 2.72 bits per heavy atom. The van der Waals surface area contributed by atoms with Gasteiger partial charge in [0.05, 0.1) is 17.4 Å². The zero-order valence-electron chi connectivity index (χ0n) is 11.5. The van der Waals surface area contributed by atoms with Crippen molar-refractivity contribution in [1.82, 2.24) is 9.78 Å². The monoisotopic (exact) mass is 263 g/mol. The number of nitrogens with one attached hydrogen (secondary N) is 1. The molecular formula is C14H21N3S. The highest BCUT2D eigenvalue weighted by atomic mass is 32.1. The average Bonchev–Trinajstić information content (AvgIpc) is 2.95. The molecule has 0 aliphatic heterocycles. The predicted octanol–water partition coefficient (Wildman–Crippen LogP) is 3.78. The van der Waals surface area contributed by atoms with E-state index < -0.39 is 0 Å². The smallest absolute Gasteiger partial charge is 0.0853 e. The molecule has 2 aromatic heterocycles. The van der Waals surface area contributed by atoms with Crippen molar-refractivity contribution in [1.29, 1.82) is 0 Å². The van der Waals surface area contributed by atoms with Crippen molar-refractivity contribution in [3.8, 4) is 0 Å². The Hall–Kier alpha value is -1.29. The van der Waals surface area contributed by atoms with E-state index in [0.29, 0.717) is 6.04 Å². The Bertz CT molecular complexity index is 513. The average molecular weight is 263 g/mol. The zero-order valence-corrected chi connectivity index (χ0v) is 12.3. The summed E-state index contributed by atoms with van der Waals surface area (Å²) in [7, 11) is 1.97. The quantitative estimate of drug-likeness (QED) is 0.889. The summed E-state index contributed by atoms with van der Waals surface area (Å²) in [6.45, 7) is 6.54. The fourth-order valence-corrected chi connectivity index (χ4v) is 2.99. The molecular weight excluding hydrogens is 242 g/mol.